The van der Waals surface area contributed by atoms with Crippen LogP contribution < -0.4 is 0 Å². The van der Waals surface area contributed by atoms with Crippen LogP contribution in [0.2, 0.25) is 0 Å². The number of carboxylic acid groups (broad SMARTS) is 1. The zero-order valence-electron chi connectivity index (χ0n) is 12.1. The Bertz CT molecular complexity index is 434. The summed E-state index contributed by atoms with van der Waals surface area (Å²) in [6, 6.07) is 4.74. The van der Waals surface area contributed by atoms with Gasteiger partial charge in [0.1, 0.15) is 5.82 Å². The minimum atomic E-state index is -0.796. The Morgan fingerprint density at radius 1 is 1.35 bits per heavy atom. The number of aliphatic carboxylic acids is 1. The van der Waals surface area contributed by atoms with Gasteiger partial charge in [-0.2, -0.15) is 0 Å². The number of allylic oxidation sites excluding steroid dienone is 1. The Morgan fingerprint density at radius 2 is 2.10 bits per heavy atom. The number of benzene rings is 1. The van der Waals surface area contributed by atoms with E-state index in [4.69, 9.17) is 0 Å². The first kappa shape index (κ1) is 16.4. The van der Waals surface area contributed by atoms with Crippen LogP contribution in [0.1, 0.15) is 43.2 Å². The van der Waals surface area contributed by atoms with Gasteiger partial charge in [0.05, 0.1) is 5.92 Å². The third-order valence-electron chi connectivity index (χ3n) is 3.39. The Balaban J connectivity index is 2.54. The molecule has 0 aliphatic carbocycles. The average Bonchev–Trinajstić information content (AvgIpc) is 2.35. The number of halogens is 1. The van der Waals surface area contributed by atoms with Gasteiger partial charge in [-0.3, -0.25) is 4.79 Å². The minimum absolute atomic E-state index is 0.296. The number of rotatable bonds is 9. The summed E-state index contributed by atoms with van der Waals surface area (Å²) in [6.07, 6.45) is 6.84. The third kappa shape index (κ3) is 6.00. The molecule has 1 N–H and O–H groups in total. The van der Waals surface area contributed by atoms with Crippen LogP contribution in [0.4, 0.5) is 4.39 Å². The molecule has 0 aromatic heterocycles. The lowest BCUT2D eigenvalue weighted by molar-refractivity contribution is -0.142. The van der Waals surface area contributed by atoms with E-state index in [0.717, 1.165) is 36.8 Å². The lowest BCUT2D eigenvalue weighted by Crippen LogP contribution is -2.16. The number of hydrogen-bond acceptors (Lipinski definition) is 1. The summed E-state index contributed by atoms with van der Waals surface area (Å²) in [5.74, 6) is -1.52. The van der Waals surface area contributed by atoms with Crippen molar-refractivity contribution in [2.75, 3.05) is 0 Å². The summed E-state index contributed by atoms with van der Waals surface area (Å²) in [7, 11) is 0. The highest BCUT2D eigenvalue weighted by atomic mass is 19.1. The maximum absolute atomic E-state index is 13.3. The van der Waals surface area contributed by atoms with Crippen LogP contribution in [0.25, 0.3) is 0 Å². The minimum Gasteiger partial charge on any atom is -0.481 e. The second-order valence-corrected chi connectivity index (χ2v) is 5.30. The van der Waals surface area contributed by atoms with Crippen molar-refractivity contribution in [1.29, 1.82) is 0 Å². The molecule has 0 unspecified atom stereocenters. The second-order valence-electron chi connectivity index (χ2n) is 5.30. The first-order chi connectivity index (χ1) is 9.52. The highest BCUT2D eigenvalue weighted by Gasteiger charge is 2.18. The van der Waals surface area contributed by atoms with Gasteiger partial charge in [0.15, 0.2) is 0 Å². The fraction of sp³-hybridized carbons (Fsp3) is 0.471. The quantitative estimate of drug-likeness (QED) is 0.533. The monoisotopic (exact) mass is 278 g/mol. The normalized spacial score (nSPS) is 12.1. The van der Waals surface area contributed by atoms with Gasteiger partial charge in [-0.1, -0.05) is 25.0 Å². The van der Waals surface area contributed by atoms with Gasteiger partial charge in [-0.25, -0.2) is 4.39 Å². The van der Waals surface area contributed by atoms with Crippen molar-refractivity contribution in [2.45, 2.75) is 45.4 Å². The van der Waals surface area contributed by atoms with E-state index < -0.39 is 11.9 Å². The summed E-state index contributed by atoms with van der Waals surface area (Å²) < 4.78 is 13.3. The third-order valence-corrected chi connectivity index (χ3v) is 3.39. The smallest absolute Gasteiger partial charge is 0.306 e. The van der Waals surface area contributed by atoms with E-state index in [1.807, 2.05) is 19.1 Å². The summed E-state index contributed by atoms with van der Waals surface area (Å²) in [5.41, 5.74) is 1.59. The van der Waals surface area contributed by atoms with Crippen LogP contribution in [0.15, 0.2) is 30.9 Å². The van der Waals surface area contributed by atoms with E-state index in [1.54, 1.807) is 0 Å². The standard InChI is InChI=1S/C17H23FO2/c1-3-4-5-6-7-8-15(17(19)20)11-14-9-13(2)10-16(18)12-14/h3,9-10,12,15H,1,4-8,11H2,2H3,(H,19,20)/t15-/m1/s1. The molecule has 0 amide bonds. The van der Waals surface area contributed by atoms with Gasteiger partial charge >= 0.3 is 5.97 Å². The predicted octanol–water partition coefficient (Wildman–Crippen LogP) is 4.51. The molecule has 1 atom stereocenters. The Kier molecular flexibility index (Phi) is 6.99. The molecule has 0 bridgehead atoms. The van der Waals surface area contributed by atoms with Crippen molar-refractivity contribution in [3.05, 3.63) is 47.8 Å². The van der Waals surface area contributed by atoms with E-state index in [1.165, 1.54) is 12.1 Å². The lowest BCUT2D eigenvalue weighted by Gasteiger charge is -2.13. The van der Waals surface area contributed by atoms with Gasteiger partial charge in [-0.15, -0.1) is 6.58 Å². The van der Waals surface area contributed by atoms with Crippen molar-refractivity contribution in [2.24, 2.45) is 5.92 Å². The summed E-state index contributed by atoms with van der Waals surface area (Å²) in [5, 5.41) is 9.27. The van der Waals surface area contributed by atoms with E-state index in [0.29, 0.717) is 12.8 Å². The molecule has 0 saturated heterocycles. The SMILES string of the molecule is C=CCCCCC[C@H](Cc1cc(C)cc(F)c1)C(=O)O. The molecule has 0 fully saturated rings. The van der Waals surface area contributed by atoms with Gasteiger partial charge in [0.25, 0.3) is 0 Å². The van der Waals surface area contributed by atoms with Crippen molar-refractivity contribution in [3.8, 4) is 0 Å². The molecule has 0 aliphatic rings. The molecule has 0 heterocycles. The summed E-state index contributed by atoms with van der Waals surface area (Å²) in [4.78, 5) is 11.3. The molecule has 3 heteroatoms. The highest BCUT2D eigenvalue weighted by molar-refractivity contribution is 5.70. The van der Waals surface area contributed by atoms with Crippen LogP contribution in [0, 0.1) is 18.7 Å². The molecule has 1 rings (SSSR count). The summed E-state index contributed by atoms with van der Waals surface area (Å²) in [6.45, 7) is 5.48. The Labute approximate surface area is 120 Å². The zero-order chi connectivity index (χ0) is 15.0. The molecule has 1 aromatic rings. The fourth-order valence-corrected chi connectivity index (χ4v) is 2.38. The van der Waals surface area contributed by atoms with Crippen LogP contribution in [-0.2, 0) is 11.2 Å². The maximum atomic E-state index is 13.3. The van der Waals surface area contributed by atoms with Crippen molar-refractivity contribution >= 4 is 5.97 Å². The Hall–Kier alpha value is -1.64. The fourth-order valence-electron chi connectivity index (χ4n) is 2.38. The van der Waals surface area contributed by atoms with Gasteiger partial charge in [0.2, 0.25) is 0 Å². The van der Waals surface area contributed by atoms with Crippen molar-refractivity contribution < 1.29 is 14.3 Å². The molecule has 1 aromatic carbocycles. The molecule has 0 radical (unpaired) electrons. The molecular weight excluding hydrogens is 255 g/mol. The van der Waals surface area contributed by atoms with Crippen LogP contribution in [0.5, 0.6) is 0 Å². The number of carbonyl (C=O) groups is 1. The van der Waals surface area contributed by atoms with Gasteiger partial charge in [-0.05, 0) is 55.9 Å². The number of hydrogen-bond donors (Lipinski definition) is 1. The number of aryl methyl sites for hydroxylation is 1. The molecule has 0 spiro atoms. The average molecular weight is 278 g/mol. The molecular formula is C17H23FO2. The summed E-state index contributed by atoms with van der Waals surface area (Å²) >= 11 is 0. The predicted molar refractivity (Wildman–Crippen MR) is 79.2 cm³/mol. The zero-order valence-corrected chi connectivity index (χ0v) is 12.1. The van der Waals surface area contributed by atoms with Crippen LogP contribution in [0.3, 0.4) is 0 Å². The van der Waals surface area contributed by atoms with Gasteiger partial charge in [0, 0.05) is 0 Å². The number of carboxylic acids is 1. The molecule has 0 aliphatic heterocycles. The highest BCUT2D eigenvalue weighted by Crippen LogP contribution is 2.19. The number of unbranched alkanes of at least 4 members (excludes halogenated alkanes) is 3. The molecule has 20 heavy (non-hydrogen) atoms. The van der Waals surface area contributed by atoms with E-state index in [2.05, 4.69) is 6.58 Å². The van der Waals surface area contributed by atoms with Crippen LogP contribution >= 0.6 is 0 Å². The first-order valence-corrected chi connectivity index (χ1v) is 7.12. The Morgan fingerprint density at radius 3 is 2.70 bits per heavy atom. The maximum Gasteiger partial charge on any atom is 0.306 e. The molecule has 110 valence electrons. The van der Waals surface area contributed by atoms with Gasteiger partial charge < -0.3 is 5.11 Å². The van der Waals surface area contributed by atoms with Crippen LogP contribution in [-0.4, -0.2) is 11.1 Å². The van der Waals surface area contributed by atoms with E-state index in [-0.39, 0.29) is 5.82 Å². The topological polar surface area (TPSA) is 37.3 Å². The van der Waals surface area contributed by atoms with E-state index >= 15 is 0 Å². The van der Waals surface area contributed by atoms with E-state index in [9.17, 15) is 14.3 Å². The largest absolute Gasteiger partial charge is 0.481 e. The molecule has 0 saturated carbocycles. The first-order valence-electron chi connectivity index (χ1n) is 7.12. The van der Waals surface area contributed by atoms with Crippen molar-refractivity contribution in [3.63, 3.8) is 0 Å². The second kappa shape index (κ2) is 8.51. The molecule has 2 nitrogen and oxygen atoms in total. The van der Waals surface area contributed by atoms with Crippen molar-refractivity contribution in [1.82, 2.24) is 0 Å². The lowest BCUT2D eigenvalue weighted by atomic mass is 9.93.